The Bertz CT molecular complexity index is 491. The third kappa shape index (κ3) is 4.67. The number of nitrogens with zero attached hydrogens (tertiary/aromatic N) is 1. The standard InChI is InChI=1S/C14H21NO3S/c1-3-10-15(11-4-2)14(16)12-19(17,18)13-8-6-5-7-9-13/h5-9H,3-4,10-12H2,1-2H3. The molecule has 0 radical (unpaired) electrons. The van der Waals surface area contributed by atoms with Gasteiger partial charge in [0.15, 0.2) is 9.84 Å². The van der Waals surface area contributed by atoms with E-state index < -0.39 is 15.6 Å². The summed E-state index contributed by atoms with van der Waals surface area (Å²) in [6.07, 6.45) is 1.66. The molecule has 0 aliphatic rings. The third-order valence-corrected chi connectivity index (χ3v) is 4.37. The van der Waals surface area contributed by atoms with Crippen LogP contribution < -0.4 is 0 Å². The lowest BCUT2D eigenvalue weighted by atomic mass is 10.3. The second-order valence-electron chi connectivity index (χ2n) is 4.45. The summed E-state index contributed by atoms with van der Waals surface area (Å²) in [6, 6.07) is 8.11. The van der Waals surface area contributed by atoms with Crippen LogP contribution in [-0.4, -0.2) is 38.1 Å². The molecule has 0 aliphatic carbocycles. The van der Waals surface area contributed by atoms with Crippen molar-refractivity contribution in [1.29, 1.82) is 0 Å². The van der Waals surface area contributed by atoms with Gasteiger partial charge in [0.1, 0.15) is 5.75 Å². The molecular formula is C14H21NO3S. The van der Waals surface area contributed by atoms with E-state index in [-0.39, 0.29) is 10.8 Å². The largest absolute Gasteiger partial charge is 0.342 e. The Balaban J connectivity index is 2.80. The molecule has 4 nitrogen and oxygen atoms in total. The fraction of sp³-hybridized carbons (Fsp3) is 0.500. The molecule has 19 heavy (non-hydrogen) atoms. The third-order valence-electron chi connectivity index (χ3n) is 2.76. The Labute approximate surface area is 115 Å². The number of hydrogen-bond donors (Lipinski definition) is 0. The maximum atomic E-state index is 12.1. The van der Waals surface area contributed by atoms with Crippen LogP contribution in [0.2, 0.25) is 0 Å². The molecule has 0 fully saturated rings. The number of benzene rings is 1. The van der Waals surface area contributed by atoms with E-state index in [9.17, 15) is 13.2 Å². The van der Waals surface area contributed by atoms with Crippen molar-refractivity contribution in [2.24, 2.45) is 0 Å². The van der Waals surface area contributed by atoms with Gasteiger partial charge >= 0.3 is 0 Å². The highest BCUT2D eigenvalue weighted by Crippen LogP contribution is 2.11. The second kappa shape index (κ2) is 7.28. The van der Waals surface area contributed by atoms with E-state index in [1.807, 2.05) is 13.8 Å². The lowest BCUT2D eigenvalue weighted by molar-refractivity contribution is -0.128. The average Bonchev–Trinajstić information content (AvgIpc) is 2.39. The van der Waals surface area contributed by atoms with Gasteiger partial charge in [-0.1, -0.05) is 32.0 Å². The molecule has 0 saturated carbocycles. The lowest BCUT2D eigenvalue weighted by Gasteiger charge is -2.21. The summed E-state index contributed by atoms with van der Waals surface area (Å²) < 4.78 is 24.2. The van der Waals surface area contributed by atoms with Crippen molar-refractivity contribution in [3.8, 4) is 0 Å². The average molecular weight is 283 g/mol. The van der Waals surface area contributed by atoms with Gasteiger partial charge in [-0.2, -0.15) is 0 Å². The van der Waals surface area contributed by atoms with Crippen LogP contribution in [0.15, 0.2) is 35.2 Å². The zero-order valence-corrected chi connectivity index (χ0v) is 12.3. The van der Waals surface area contributed by atoms with Gasteiger partial charge in [-0.3, -0.25) is 4.79 Å². The van der Waals surface area contributed by atoms with Crippen LogP contribution in [0.1, 0.15) is 26.7 Å². The van der Waals surface area contributed by atoms with E-state index in [0.29, 0.717) is 13.1 Å². The first-order valence-electron chi connectivity index (χ1n) is 6.56. The number of carbonyl (C=O) groups excluding carboxylic acids is 1. The summed E-state index contributed by atoms with van der Waals surface area (Å²) in [5.74, 6) is -0.760. The molecule has 1 amide bonds. The predicted molar refractivity (Wildman–Crippen MR) is 75.7 cm³/mol. The smallest absolute Gasteiger partial charge is 0.238 e. The van der Waals surface area contributed by atoms with Crippen LogP contribution in [0.25, 0.3) is 0 Å². The summed E-state index contributed by atoms with van der Waals surface area (Å²) in [4.78, 5) is 13.9. The molecule has 0 heterocycles. The zero-order chi connectivity index (χ0) is 14.3. The van der Waals surface area contributed by atoms with E-state index in [2.05, 4.69) is 0 Å². The normalized spacial score (nSPS) is 11.3. The molecular weight excluding hydrogens is 262 g/mol. The van der Waals surface area contributed by atoms with Crippen LogP contribution in [0, 0.1) is 0 Å². The highest BCUT2D eigenvalue weighted by molar-refractivity contribution is 7.92. The molecule has 1 aromatic carbocycles. The first-order chi connectivity index (χ1) is 9.01. The quantitative estimate of drug-likeness (QED) is 0.770. The number of amides is 1. The van der Waals surface area contributed by atoms with E-state index in [4.69, 9.17) is 0 Å². The summed E-state index contributed by atoms with van der Waals surface area (Å²) in [5, 5.41) is 0. The number of sulfone groups is 1. The van der Waals surface area contributed by atoms with Crippen LogP contribution in [-0.2, 0) is 14.6 Å². The van der Waals surface area contributed by atoms with Gasteiger partial charge in [0.25, 0.3) is 0 Å². The fourth-order valence-electron chi connectivity index (χ4n) is 1.87. The zero-order valence-electron chi connectivity index (χ0n) is 11.5. The molecule has 5 heteroatoms. The van der Waals surface area contributed by atoms with Crippen LogP contribution in [0.4, 0.5) is 0 Å². The number of rotatable bonds is 7. The van der Waals surface area contributed by atoms with Crippen molar-refractivity contribution in [2.45, 2.75) is 31.6 Å². The van der Waals surface area contributed by atoms with E-state index in [0.717, 1.165) is 12.8 Å². The Morgan fingerprint density at radius 2 is 1.58 bits per heavy atom. The predicted octanol–water partition coefficient (Wildman–Crippen LogP) is 2.11. The van der Waals surface area contributed by atoms with Gasteiger partial charge in [-0.25, -0.2) is 8.42 Å². The maximum Gasteiger partial charge on any atom is 0.238 e. The Kier molecular flexibility index (Phi) is 6.02. The monoisotopic (exact) mass is 283 g/mol. The fourth-order valence-corrected chi connectivity index (χ4v) is 3.11. The van der Waals surface area contributed by atoms with Crippen molar-refractivity contribution in [3.63, 3.8) is 0 Å². The summed E-state index contributed by atoms with van der Waals surface area (Å²) in [5.41, 5.74) is 0. The van der Waals surface area contributed by atoms with E-state index >= 15 is 0 Å². The second-order valence-corrected chi connectivity index (χ2v) is 6.44. The van der Waals surface area contributed by atoms with Crippen molar-refractivity contribution >= 4 is 15.7 Å². The first kappa shape index (κ1) is 15.7. The molecule has 0 N–H and O–H groups in total. The van der Waals surface area contributed by atoms with Crippen LogP contribution >= 0.6 is 0 Å². The van der Waals surface area contributed by atoms with E-state index in [1.165, 1.54) is 12.1 Å². The molecule has 0 unspecified atom stereocenters. The molecule has 106 valence electrons. The van der Waals surface area contributed by atoms with Crippen molar-refractivity contribution in [1.82, 2.24) is 4.90 Å². The number of hydrogen-bond acceptors (Lipinski definition) is 3. The van der Waals surface area contributed by atoms with Gasteiger partial charge in [0, 0.05) is 13.1 Å². The van der Waals surface area contributed by atoms with Gasteiger partial charge < -0.3 is 4.90 Å². The Hall–Kier alpha value is -1.36. The minimum Gasteiger partial charge on any atom is -0.342 e. The molecule has 1 aromatic rings. The van der Waals surface area contributed by atoms with E-state index in [1.54, 1.807) is 23.1 Å². The highest BCUT2D eigenvalue weighted by atomic mass is 32.2. The van der Waals surface area contributed by atoms with Gasteiger partial charge in [0.2, 0.25) is 5.91 Å². The molecule has 0 atom stereocenters. The summed E-state index contributed by atoms with van der Waals surface area (Å²) in [6.45, 7) is 5.16. The Morgan fingerprint density at radius 3 is 2.05 bits per heavy atom. The molecule has 1 rings (SSSR count). The lowest BCUT2D eigenvalue weighted by Crippen LogP contribution is -2.36. The van der Waals surface area contributed by atoms with Gasteiger partial charge in [0.05, 0.1) is 4.90 Å². The SMILES string of the molecule is CCCN(CCC)C(=O)CS(=O)(=O)c1ccccc1. The van der Waals surface area contributed by atoms with Gasteiger partial charge in [-0.05, 0) is 25.0 Å². The highest BCUT2D eigenvalue weighted by Gasteiger charge is 2.22. The Morgan fingerprint density at radius 1 is 1.05 bits per heavy atom. The van der Waals surface area contributed by atoms with Crippen LogP contribution in [0.5, 0.6) is 0 Å². The van der Waals surface area contributed by atoms with Crippen LogP contribution in [0.3, 0.4) is 0 Å². The summed E-state index contributed by atoms with van der Waals surface area (Å²) in [7, 11) is -3.53. The first-order valence-corrected chi connectivity index (χ1v) is 8.22. The molecule has 0 spiro atoms. The van der Waals surface area contributed by atoms with Crippen molar-refractivity contribution in [2.75, 3.05) is 18.8 Å². The molecule has 0 bridgehead atoms. The number of carbonyl (C=O) groups is 1. The van der Waals surface area contributed by atoms with Gasteiger partial charge in [-0.15, -0.1) is 0 Å². The molecule has 0 aliphatic heterocycles. The maximum absolute atomic E-state index is 12.1. The summed E-state index contributed by atoms with van der Waals surface area (Å²) >= 11 is 0. The van der Waals surface area contributed by atoms with Crippen molar-refractivity contribution < 1.29 is 13.2 Å². The van der Waals surface area contributed by atoms with Crippen molar-refractivity contribution in [3.05, 3.63) is 30.3 Å². The molecule has 0 aromatic heterocycles. The minimum absolute atomic E-state index is 0.205. The minimum atomic E-state index is -3.53. The topological polar surface area (TPSA) is 54.5 Å². The molecule has 0 saturated heterocycles.